The molecule has 1 aromatic rings. The van der Waals surface area contributed by atoms with Crippen molar-refractivity contribution in [2.75, 3.05) is 6.54 Å². The molecule has 0 radical (unpaired) electrons. The normalized spacial score (nSPS) is 14.2. The molecule has 17 heavy (non-hydrogen) atoms. The van der Waals surface area contributed by atoms with Crippen LogP contribution in [0.3, 0.4) is 0 Å². The van der Waals surface area contributed by atoms with Gasteiger partial charge in [-0.25, -0.2) is 8.78 Å². The number of hydrogen-bond donors (Lipinski definition) is 2. The van der Waals surface area contributed by atoms with Crippen LogP contribution in [0, 0.1) is 17.6 Å². The second-order valence-corrected chi connectivity index (χ2v) is 4.10. The minimum atomic E-state index is -0.739. The Morgan fingerprint density at radius 2 is 2.06 bits per heavy atom. The third kappa shape index (κ3) is 3.49. The van der Waals surface area contributed by atoms with E-state index in [1.165, 1.54) is 0 Å². The SMILES string of the molecule is CC(CN)C(C)NC(=O)c1cc(F)ccc1F. The maximum absolute atomic E-state index is 13.3. The Morgan fingerprint density at radius 3 is 2.65 bits per heavy atom. The van der Waals surface area contributed by atoms with Gasteiger partial charge in [0.2, 0.25) is 0 Å². The molecule has 2 atom stereocenters. The first-order valence-electron chi connectivity index (χ1n) is 5.41. The quantitative estimate of drug-likeness (QED) is 0.844. The van der Waals surface area contributed by atoms with Crippen molar-refractivity contribution in [3.05, 3.63) is 35.4 Å². The highest BCUT2D eigenvalue weighted by Crippen LogP contribution is 2.10. The van der Waals surface area contributed by atoms with Crippen LogP contribution in [0.15, 0.2) is 18.2 Å². The molecule has 0 aliphatic rings. The van der Waals surface area contributed by atoms with Crippen molar-refractivity contribution >= 4 is 5.91 Å². The average Bonchev–Trinajstić information content (AvgIpc) is 2.30. The van der Waals surface area contributed by atoms with Crippen LogP contribution in [0.25, 0.3) is 0 Å². The maximum Gasteiger partial charge on any atom is 0.254 e. The summed E-state index contributed by atoms with van der Waals surface area (Å²) in [6.45, 7) is 4.05. The van der Waals surface area contributed by atoms with Gasteiger partial charge in [0.1, 0.15) is 11.6 Å². The predicted octanol–water partition coefficient (Wildman–Crippen LogP) is 1.68. The number of carbonyl (C=O) groups is 1. The van der Waals surface area contributed by atoms with Gasteiger partial charge in [-0.3, -0.25) is 4.79 Å². The molecule has 0 aliphatic heterocycles. The monoisotopic (exact) mass is 242 g/mol. The molecule has 0 saturated carbocycles. The zero-order valence-electron chi connectivity index (χ0n) is 9.84. The number of carbonyl (C=O) groups excluding carboxylic acids is 1. The molecule has 0 fully saturated rings. The minimum Gasteiger partial charge on any atom is -0.349 e. The molecular weight excluding hydrogens is 226 g/mol. The van der Waals surface area contributed by atoms with Crippen molar-refractivity contribution in [3.8, 4) is 0 Å². The van der Waals surface area contributed by atoms with Crippen molar-refractivity contribution in [2.24, 2.45) is 11.7 Å². The summed E-state index contributed by atoms with van der Waals surface area (Å²) in [6.07, 6.45) is 0. The highest BCUT2D eigenvalue weighted by Gasteiger charge is 2.17. The van der Waals surface area contributed by atoms with Crippen molar-refractivity contribution in [1.29, 1.82) is 0 Å². The summed E-state index contributed by atoms with van der Waals surface area (Å²) in [5.74, 6) is -1.95. The molecular formula is C12H16F2N2O. The number of benzene rings is 1. The van der Waals surface area contributed by atoms with E-state index in [9.17, 15) is 13.6 Å². The number of rotatable bonds is 4. The smallest absolute Gasteiger partial charge is 0.254 e. The molecule has 1 rings (SSSR count). The summed E-state index contributed by atoms with van der Waals surface area (Å²) in [7, 11) is 0. The minimum absolute atomic E-state index is 0.0653. The first-order chi connectivity index (χ1) is 7.95. The van der Waals surface area contributed by atoms with Gasteiger partial charge >= 0.3 is 0 Å². The van der Waals surface area contributed by atoms with Crippen molar-refractivity contribution in [3.63, 3.8) is 0 Å². The number of nitrogens with two attached hydrogens (primary N) is 1. The Balaban J connectivity index is 2.79. The van der Waals surface area contributed by atoms with E-state index >= 15 is 0 Å². The van der Waals surface area contributed by atoms with Crippen molar-refractivity contribution in [2.45, 2.75) is 19.9 Å². The van der Waals surface area contributed by atoms with Crippen LogP contribution in [-0.4, -0.2) is 18.5 Å². The molecule has 2 unspecified atom stereocenters. The van der Waals surface area contributed by atoms with E-state index in [0.29, 0.717) is 6.54 Å². The van der Waals surface area contributed by atoms with Crippen LogP contribution in [0.5, 0.6) is 0 Å². The van der Waals surface area contributed by atoms with Gasteiger partial charge < -0.3 is 11.1 Å². The summed E-state index contributed by atoms with van der Waals surface area (Å²) < 4.78 is 26.2. The molecule has 1 aromatic carbocycles. The number of halogens is 2. The standard InChI is InChI=1S/C12H16F2N2O/c1-7(6-15)8(2)16-12(17)10-5-9(13)3-4-11(10)14/h3-5,7-8H,6,15H2,1-2H3,(H,16,17). The molecule has 3 N–H and O–H groups in total. The molecule has 1 amide bonds. The zero-order valence-corrected chi connectivity index (χ0v) is 9.84. The van der Waals surface area contributed by atoms with Crippen LogP contribution in [0.2, 0.25) is 0 Å². The summed E-state index contributed by atoms with van der Waals surface area (Å²) in [6, 6.07) is 2.58. The van der Waals surface area contributed by atoms with Crippen molar-refractivity contribution in [1.82, 2.24) is 5.32 Å². The van der Waals surface area contributed by atoms with E-state index < -0.39 is 17.5 Å². The summed E-state index contributed by atoms with van der Waals surface area (Å²) >= 11 is 0. The first kappa shape index (κ1) is 13.6. The third-order valence-corrected chi connectivity index (χ3v) is 2.76. The summed E-state index contributed by atoms with van der Waals surface area (Å²) in [5.41, 5.74) is 5.17. The zero-order chi connectivity index (χ0) is 13.0. The lowest BCUT2D eigenvalue weighted by Crippen LogP contribution is -2.40. The summed E-state index contributed by atoms with van der Waals surface area (Å²) in [4.78, 5) is 11.7. The molecule has 0 bridgehead atoms. The lowest BCUT2D eigenvalue weighted by Gasteiger charge is -2.19. The second kappa shape index (κ2) is 5.72. The Kier molecular flexibility index (Phi) is 4.57. The Morgan fingerprint density at radius 1 is 1.41 bits per heavy atom. The van der Waals surface area contributed by atoms with E-state index in [-0.39, 0.29) is 17.5 Å². The average molecular weight is 242 g/mol. The van der Waals surface area contributed by atoms with Crippen LogP contribution in [-0.2, 0) is 0 Å². The first-order valence-corrected chi connectivity index (χ1v) is 5.41. The fourth-order valence-electron chi connectivity index (χ4n) is 1.30. The third-order valence-electron chi connectivity index (χ3n) is 2.76. The molecule has 0 saturated heterocycles. The van der Waals surface area contributed by atoms with E-state index in [1.807, 2.05) is 6.92 Å². The highest BCUT2D eigenvalue weighted by atomic mass is 19.1. The molecule has 3 nitrogen and oxygen atoms in total. The highest BCUT2D eigenvalue weighted by molar-refractivity contribution is 5.94. The Hall–Kier alpha value is -1.49. The van der Waals surface area contributed by atoms with E-state index in [1.54, 1.807) is 6.92 Å². The lowest BCUT2D eigenvalue weighted by atomic mass is 10.0. The molecule has 0 heterocycles. The van der Waals surface area contributed by atoms with Crippen LogP contribution < -0.4 is 11.1 Å². The van der Waals surface area contributed by atoms with E-state index in [0.717, 1.165) is 18.2 Å². The molecule has 5 heteroatoms. The molecule has 0 spiro atoms. The fourth-order valence-corrected chi connectivity index (χ4v) is 1.30. The van der Waals surface area contributed by atoms with Crippen LogP contribution in [0.1, 0.15) is 24.2 Å². The van der Waals surface area contributed by atoms with Gasteiger partial charge in [-0.1, -0.05) is 6.92 Å². The van der Waals surface area contributed by atoms with Crippen LogP contribution >= 0.6 is 0 Å². The van der Waals surface area contributed by atoms with Gasteiger partial charge in [-0.15, -0.1) is 0 Å². The van der Waals surface area contributed by atoms with Gasteiger partial charge in [0.15, 0.2) is 0 Å². The topological polar surface area (TPSA) is 55.1 Å². The Labute approximate surface area is 99.0 Å². The maximum atomic E-state index is 13.3. The summed E-state index contributed by atoms with van der Waals surface area (Å²) in [5, 5.41) is 2.59. The van der Waals surface area contributed by atoms with Gasteiger partial charge in [-0.05, 0) is 37.6 Å². The molecule has 94 valence electrons. The second-order valence-electron chi connectivity index (χ2n) is 4.10. The van der Waals surface area contributed by atoms with Crippen molar-refractivity contribution < 1.29 is 13.6 Å². The van der Waals surface area contributed by atoms with E-state index in [2.05, 4.69) is 5.32 Å². The number of amides is 1. The fraction of sp³-hybridized carbons (Fsp3) is 0.417. The van der Waals surface area contributed by atoms with Gasteiger partial charge in [0.25, 0.3) is 5.91 Å². The van der Waals surface area contributed by atoms with Gasteiger partial charge in [0.05, 0.1) is 5.56 Å². The molecule has 0 aromatic heterocycles. The predicted molar refractivity (Wildman–Crippen MR) is 61.5 cm³/mol. The number of nitrogens with one attached hydrogen (secondary N) is 1. The lowest BCUT2D eigenvalue weighted by molar-refractivity contribution is 0.0925. The van der Waals surface area contributed by atoms with Gasteiger partial charge in [0, 0.05) is 6.04 Å². The van der Waals surface area contributed by atoms with Crippen LogP contribution in [0.4, 0.5) is 8.78 Å². The number of hydrogen-bond acceptors (Lipinski definition) is 2. The molecule has 0 aliphatic carbocycles. The van der Waals surface area contributed by atoms with Gasteiger partial charge in [-0.2, -0.15) is 0 Å². The van der Waals surface area contributed by atoms with E-state index in [4.69, 9.17) is 5.73 Å². The largest absolute Gasteiger partial charge is 0.349 e. The Bertz CT molecular complexity index is 409.